The van der Waals surface area contributed by atoms with Crippen molar-refractivity contribution in [2.24, 2.45) is 16.8 Å². The predicted octanol–water partition coefficient (Wildman–Crippen LogP) is 4.44. The molecule has 1 aromatic carbocycles. The first-order valence-corrected chi connectivity index (χ1v) is 7.76. The molecule has 1 rings (SSSR count). The van der Waals surface area contributed by atoms with E-state index in [1.807, 2.05) is 19.9 Å². The molecule has 0 amide bonds. The molecule has 0 saturated heterocycles. The van der Waals surface area contributed by atoms with Crippen molar-refractivity contribution < 1.29 is 4.92 Å². The lowest BCUT2D eigenvalue weighted by atomic mass is 10.1. The van der Waals surface area contributed by atoms with Gasteiger partial charge in [0, 0.05) is 30.9 Å². The molecule has 0 atom stereocenters. The Labute approximate surface area is 133 Å². The summed E-state index contributed by atoms with van der Waals surface area (Å²) in [6, 6.07) is 5.01. The van der Waals surface area contributed by atoms with Crippen molar-refractivity contribution in [1.29, 1.82) is 0 Å². The third kappa shape index (κ3) is 5.13. The fourth-order valence-electron chi connectivity index (χ4n) is 2.23. The van der Waals surface area contributed by atoms with Crippen LogP contribution in [0.1, 0.15) is 40.2 Å². The third-order valence-electron chi connectivity index (χ3n) is 3.31. The number of nitrogens with zero attached hydrogens (tertiary/aromatic N) is 3. The summed E-state index contributed by atoms with van der Waals surface area (Å²) in [6.45, 7) is 14.1. The van der Waals surface area contributed by atoms with Gasteiger partial charge in [-0.1, -0.05) is 27.7 Å². The molecule has 0 radical (unpaired) electrons. The van der Waals surface area contributed by atoms with Crippen LogP contribution in [0.2, 0.25) is 0 Å². The summed E-state index contributed by atoms with van der Waals surface area (Å²) in [5.41, 5.74) is 2.01. The highest BCUT2D eigenvalue weighted by molar-refractivity contribution is 5.96. The second kappa shape index (κ2) is 7.92. The standard InChI is InChI=1S/C17H27N3O2/c1-12(2)10-18-15(6)19(11-13(3)4)17-8-7-16(20(21)22)9-14(17)5/h7-9,12-13H,10-11H2,1-6H3. The zero-order valence-electron chi connectivity index (χ0n) is 14.5. The van der Waals surface area contributed by atoms with E-state index in [-0.39, 0.29) is 10.6 Å². The summed E-state index contributed by atoms with van der Waals surface area (Å²) in [5.74, 6) is 1.94. The van der Waals surface area contributed by atoms with E-state index in [2.05, 4.69) is 37.6 Å². The second-order valence-corrected chi connectivity index (χ2v) is 6.51. The smallest absolute Gasteiger partial charge is 0.269 e. The number of nitro benzene ring substituents is 1. The van der Waals surface area contributed by atoms with E-state index in [1.165, 1.54) is 0 Å². The van der Waals surface area contributed by atoms with Gasteiger partial charge in [-0.3, -0.25) is 15.1 Å². The monoisotopic (exact) mass is 305 g/mol. The van der Waals surface area contributed by atoms with Crippen molar-refractivity contribution in [3.8, 4) is 0 Å². The van der Waals surface area contributed by atoms with Crippen LogP contribution in [-0.4, -0.2) is 23.8 Å². The molecule has 0 saturated carbocycles. The van der Waals surface area contributed by atoms with E-state index >= 15 is 0 Å². The van der Waals surface area contributed by atoms with Crippen LogP contribution in [0, 0.1) is 28.9 Å². The second-order valence-electron chi connectivity index (χ2n) is 6.51. The molecule has 0 spiro atoms. The Kier molecular flexibility index (Phi) is 6.53. The van der Waals surface area contributed by atoms with Crippen molar-refractivity contribution in [2.75, 3.05) is 18.0 Å². The van der Waals surface area contributed by atoms with Crippen LogP contribution < -0.4 is 4.90 Å². The number of rotatable bonds is 6. The number of aryl methyl sites for hydroxylation is 1. The van der Waals surface area contributed by atoms with E-state index in [0.29, 0.717) is 11.8 Å². The minimum absolute atomic E-state index is 0.127. The average molecular weight is 305 g/mol. The minimum atomic E-state index is -0.358. The van der Waals surface area contributed by atoms with Gasteiger partial charge in [-0.05, 0) is 37.3 Å². The molecule has 0 aliphatic heterocycles. The number of non-ortho nitro benzene ring substituents is 1. The number of aliphatic imine (C=N–C) groups is 1. The largest absolute Gasteiger partial charge is 0.330 e. The highest BCUT2D eigenvalue weighted by Gasteiger charge is 2.16. The van der Waals surface area contributed by atoms with E-state index in [9.17, 15) is 10.1 Å². The summed E-state index contributed by atoms with van der Waals surface area (Å²) in [4.78, 5) is 17.4. The maximum absolute atomic E-state index is 10.9. The molecule has 22 heavy (non-hydrogen) atoms. The van der Waals surface area contributed by atoms with Crippen LogP contribution in [0.5, 0.6) is 0 Å². The van der Waals surface area contributed by atoms with Gasteiger partial charge in [-0.2, -0.15) is 0 Å². The van der Waals surface area contributed by atoms with Crippen LogP contribution in [0.4, 0.5) is 11.4 Å². The van der Waals surface area contributed by atoms with Crippen molar-refractivity contribution in [1.82, 2.24) is 0 Å². The molecule has 0 fully saturated rings. The van der Waals surface area contributed by atoms with Crippen molar-refractivity contribution in [3.63, 3.8) is 0 Å². The van der Waals surface area contributed by atoms with Crippen LogP contribution in [0.25, 0.3) is 0 Å². The molecule has 0 N–H and O–H groups in total. The SMILES string of the molecule is CC(=NCC(C)C)N(CC(C)C)c1ccc([N+](=O)[O-])cc1C. The first kappa shape index (κ1) is 18.1. The lowest BCUT2D eigenvalue weighted by molar-refractivity contribution is -0.384. The van der Waals surface area contributed by atoms with E-state index in [1.54, 1.807) is 12.1 Å². The third-order valence-corrected chi connectivity index (χ3v) is 3.31. The predicted molar refractivity (Wildman–Crippen MR) is 92.8 cm³/mol. The Hall–Kier alpha value is -1.91. The molecule has 5 heteroatoms. The van der Waals surface area contributed by atoms with Gasteiger partial charge >= 0.3 is 0 Å². The molecule has 0 heterocycles. The highest BCUT2D eigenvalue weighted by Crippen LogP contribution is 2.26. The van der Waals surface area contributed by atoms with Gasteiger partial charge in [0.15, 0.2) is 0 Å². The summed E-state index contributed by atoms with van der Waals surface area (Å²) >= 11 is 0. The lowest BCUT2D eigenvalue weighted by Crippen LogP contribution is -2.33. The first-order valence-electron chi connectivity index (χ1n) is 7.76. The number of amidine groups is 1. The number of hydrogen-bond donors (Lipinski definition) is 0. The van der Waals surface area contributed by atoms with E-state index in [0.717, 1.165) is 30.2 Å². The van der Waals surface area contributed by atoms with Crippen LogP contribution in [0.15, 0.2) is 23.2 Å². The van der Waals surface area contributed by atoms with E-state index in [4.69, 9.17) is 0 Å². The molecule has 122 valence electrons. The maximum Gasteiger partial charge on any atom is 0.269 e. The number of nitro groups is 1. The fraction of sp³-hybridized carbons (Fsp3) is 0.588. The first-order chi connectivity index (χ1) is 10.2. The number of hydrogen-bond acceptors (Lipinski definition) is 3. The van der Waals surface area contributed by atoms with Crippen molar-refractivity contribution in [3.05, 3.63) is 33.9 Å². The number of benzene rings is 1. The van der Waals surface area contributed by atoms with Gasteiger partial charge in [0.05, 0.1) is 4.92 Å². The normalized spacial score (nSPS) is 12.1. The molecule has 1 aromatic rings. The fourth-order valence-corrected chi connectivity index (χ4v) is 2.23. The molecule has 0 bridgehead atoms. The minimum Gasteiger partial charge on any atom is -0.330 e. The van der Waals surface area contributed by atoms with Gasteiger partial charge < -0.3 is 4.90 Å². The Morgan fingerprint density at radius 3 is 2.36 bits per heavy atom. The van der Waals surface area contributed by atoms with Gasteiger partial charge in [0.1, 0.15) is 5.84 Å². The Balaban J connectivity index is 3.16. The van der Waals surface area contributed by atoms with Gasteiger partial charge in [-0.15, -0.1) is 0 Å². The van der Waals surface area contributed by atoms with Crippen molar-refractivity contribution in [2.45, 2.75) is 41.5 Å². The molecule has 5 nitrogen and oxygen atoms in total. The summed E-state index contributed by atoms with van der Waals surface area (Å²) in [5, 5.41) is 10.9. The molecule has 0 aromatic heterocycles. The van der Waals surface area contributed by atoms with Crippen LogP contribution in [-0.2, 0) is 0 Å². The number of anilines is 1. The summed E-state index contributed by atoms with van der Waals surface area (Å²) < 4.78 is 0. The molecule has 0 aliphatic rings. The Bertz CT molecular complexity index is 551. The molecular weight excluding hydrogens is 278 g/mol. The molecule has 0 aliphatic carbocycles. The topological polar surface area (TPSA) is 58.7 Å². The quantitative estimate of drug-likeness (QED) is 0.338. The zero-order chi connectivity index (χ0) is 16.9. The summed E-state index contributed by atoms with van der Waals surface area (Å²) in [7, 11) is 0. The summed E-state index contributed by atoms with van der Waals surface area (Å²) in [6.07, 6.45) is 0. The average Bonchev–Trinajstić information content (AvgIpc) is 2.42. The van der Waals surface area contributed by atoms with Gasteiger partial charge in [-0.25, -0.2) is 0 Å². The zero-order valence-corrected chi connectivity index (χ0v) is 14.5. The lowest BCUT2D eigenvalue weighted by Gasteiger charge is -2.28. The van der Waals surface area contributed by atoms with E-state index < -0.39 is 0 Å². The van der Waals surface area contributed by atoms with Gasteiger partial charge in [0.2, 0.25) is 0 Å². The van der Waals surface area contributed by atoms with Crippen LogP contribution in [0.3, 0.4) is 0 Å². The Morgan fingerprint density at radius 1 is 1.27 bits per heavy atom. The maximum atomic E-state index is 10.9. The van der Waals surface area contributed by atoms with Crippen LogP contribution >= 0.6 is 0 Å². The van der Waals surface area contributed by atoms with Crippen molar-refractivity contribution >= 4 is 17.2 Å². The highest BCUT2D eigenvalue weighted by atomic mass is 16.6. The van der Waals surface area contributed by atoms with Gasteiger partial charge in [0.25, 0.3) is 5.69 Å². The molecular formula is C17H27N3O2. The molecule has 0 unspecified atom stereocenters. The Morgan fingerprint density at radius 2 is 1.91 bits per heavy atom.